The molecule has 0 spiro atoms. The third-order valence-electron chi connectivity index (χ3n) is 3.46. The number of aliphatic imine (C=N–C) groups is 1. The van der Waals surface area contributed by atoms with Gasteiger partial charge in [-0.05, 0) is 18.4 Å². The van der Waals surface area contributed by atoms with Crippen molar-refractivity contribution in [3.63, 3.8) is 0 Å². The van der Waals surface area contributed by atoms with Crippen molar-refractivity contribution in [3.8, 4) is 0 Å². The van der Waals surface area contributed by atoms with Gasteiger partial charge in [0.1, 0.15) is 0 Å². The number of nitrogens with zero attached hydrogens (tertiary/aromatic N) is 2. The topological polar surface area (TPSA) is 88.8 Å². The Hall–Kier alpha value is -2.15. The van der Waals surface area contributed by atoms with Crippen LogP contribution in [-0.2, 0) is 11.3 Å². The minimum atomic E-state index is -0.398. The third kappa shape index (κ3) is 8.47. The van der Waals surface area contributed by atoms with Crippen LogP contribution in [0.1, 0.15) is 38.2 Å². The number of nitrogens with one attached hydrogen (secondary N) is 2. The van der Waals surface area contributed by atoms with Gasteiger partial charge in [0.15, 0.2) is 5.96 Å². The molecule has 24 heavy (non-hydrogen) atoms. The number of methoxy groups -OCH3 is 1. The zero-order chi connectivity index (χ0) is 17.6. The number of unbranched alkanes of at least 4 members (excludes halogenated alkanes) is 2. The standard InChI is InChI=1S/C17H28N4O3/c1-3-4-5-11-18-17(19-12-6-13-24-2)20-14-15-7-9-16(10-8-15)21(22)23/h7-10H,3-6,11-14H2,1-2H3,(H2,18,19,20). The summed E-state index contributed by atoms with van der Waals surface area (Å²) in [5.74, 6) is 0.764. The van der Waals surface area contributed by atoms with Crippen molar-refractivity contribution in [1.82, 2.24) is 10.6 Å². The molecule has 0 aromatic heterocycles. The summed E-state index contributed by atoms with van der Waals surface area (Å²) in [5.41, 5.74) is 1.03. The van der Waals surface area contributed by atoms with E-state index in [0.717, 1.165) is 37.5 Å². The molecule has 1 aromatic carbocycles. The third-order valence-corrected chi connectivity index (χ3v) is 3.46. The van der Waals surface area contributed by atoms with E-state index < -0.39 is 4.92 Å². The van der Waals surface area contributed by atoms with Crippen molar-refractivity contribution < 1.29 is 9.66 Å². The number of non-ortho nitro benzene ring substituents is 1. The average molecular weight is 336 g/mol. The number of rotatable bonds is 11. The highest BCUT2D eigenvalue weighted by molar-refractivity contribution is 5.79. The lowest BCUT2D eigenvalue weighted by atomic mass is 10.2. The first-order valence-corrected chi connectivity index (χ1v) is 8.41. The van der Waals surface area contributed by atoms with Crippen LogP contribution in [0.25, 0.3) is 0 Å². The molecule has 0 aliphatic carbocycles. The second-order valence-electron chi connectivity index (χ2n) is 5.50. The quantitative estimate of drug-likeness (QED) is 0.213. The maximum absolute atomic E-state index is 10.7. The van der Waals surface area contributed by atoms with Crippen LogP contribution in [0, 0.1) is 10.1 Å². The number of nitro groups is 1. The molecule has 0 aliphatic heterocycles. The molecule has 7 heteroatoms. The Morgan fingerprint density at radius 2 is 1.83 bits per heavy atom. The molecule has 0 heterocycles. The van der Waals surface area contributed by atoms with E-state index >= 15 is 0 Å². The van der Waals surface area contributed by atoms with Gasteiger partial charge in [0, 0.05) is 38.9 Å². The number of ether oxygens (including phenoxy) is 1. The Labute approximate surface area is 143 Å². The predicted molar refractivity (Wildman–Crippen MR) is 96.3 cm³/mol. The number of hydrogen-bond acceptors (Lipinski definition) is 4. The van der Waals surface area contributed by atoms with Gasteiger partial charge in [-0.3, -0.25) is 10.1 Å². The van der Waals surface area contributed by atoms with Crippen molar-refractivity contribution in [2.45, 2.75) is 39.2 Å². The average Bonchev–Trinajstić information content (AvgIpc) is 2.59. The molecule has 0 saturated heterocycles. The molecule has 0 fully saturated rings. The highest BCUT2D eigenvalue weighted by Crippen LogP contribution is 2.12. The first-order valence-electron chi connectivity index (χ1n) is 8.41. The highest BCUT2D eigenvalue weighted by Gasteiger charge is 2.04. The minimum absolute atomic E-state index is 0.0957. The lowest BCUT2D eigenvalue weighted by molar-refractivity contribution is -0.384. The molecule has 0 amide bonds. The number of guanidine groups is 1. The van der Waals surface area contributed by atoms with E-state index in [9.17, 15) is 10.1 Å². The summed E-state index contributed by atoms with van der Waals surface area (Å²) in [7, 11) is 1.69. The lowest BCUT2D eigenvalue weighted by Crippen LogP contribution is -2.38. The van der Waals surface area contributed by atoms with E-state index in [4.69, 9.17) is 4.74 Å². The van der Waals surface area contributed by atoms with Crippen LogP contribution in [0.3, 0.4) is 0 Å². The summed E-state index contributed by atoms with van der Waals surface area (Å²) >= 11 is 0. The normalized spacial score (nSPS) is 11.3. The van der Waals surface area contributed by atoms with Gasteiger partial charge in [-0.25, -0.2) is 4.99 Å². The van der Waals surface area contributed by atoms with E-state index in [0.29, 0.717) is 13.2 Å². The fraction of sp³-hybridized carbons (Fsp3) is 0.588. The molecule has 0 radical (unpaired) electrons. The van der Waals surface area contributed by atoms with Crippen LogP contribution >= 0.6 is 0 Å². The zero-order valence-corrected chi connectivity index (χ0v) is 14.6. The first-order chi connectivity index (χ1) is 11.7. The zero-order valence-electron chi connectivity index (χ0n) is 14.6. The van der Waals surface area contributed by atoms with Gasteiger partial charge in [-0.2, -0.15) is 0 Å². The summed E-state index contributed by atoms with van der Waals surface area (Å²) in [6.07, 6.45) is 4.38. The SMILES string of the molecule is CCCCCNC(=NCc1ccc([N+](=O)[O-])cc1)NCCCOC. The molecular formula is C17H28N4O3. The molecule has 0 atom stereocenters. The van der Waals surface area contributed by atoms with Crippen LogP contribution in [0.2, 0.25) is 0 Å². The molecule has 1 rings (SSSR count). The molecule has 0 aliphatic rings. The van der Waals surface area contributed by atoms with Gasteiger partial charge in [0.05, 0.1) is 11.5 Å². The minimum Gasteiger partial charge on any atom is -0.385 e. The Morgan fingerprint density at radius 3 is 2.42 bits per heavy atom. The fourth-order valence-corrected chi connectivity index (χ4v) is 2.07. The van der Waals surface area contributed by atoms with Crippen LogP contribution in [0.15, 0.2) is 29.3 Å². The van der Waals surface area contributed by atoms with Crippen LogP contribution in [0.5, 0.6) is 0 Å². The van der Waals surface area contributed by atoms with Gasteiger partial charge >= 0.3 is 0 Å². The van der Waals surface area contributed by atoms with Gasteiger partial charge in [0.25, 0.3) is 5.69 Å². The molecule has 0 unspecified atom stereocenters. The molecule has 7 nitrogen and oxygen atoms in total. The monoisotopic (exact) mass is 336 g/mol. The highest BCUT2D eigenvalue weighted by atomic mass is 16.6. The van der Waals surface area contributed by atoms with Crippen molar-refractivity contribution in [2.75, 3.05) is 26.8 Å². The van der Waals surface area contributed by atoms with Gasteiger partial charge in [-0.15, -0.1) is 0 Å². The van der Waals surface area contributed by atoms with E-state index in [-0.39, 0.29) is 5.69 Å². The second kappa shape index (κ2) is 12.3. The first kappa shape index (κ1) is 19.9. The molecule has 2 N–H and O–H groups in total. The Bertz CT molecular complexity index is 489. The van der Waals surface area contributed by atoms with Gasteiger partial charge < -0.3 is 15.4 Å². The fourth-order valence-electron chi connectivity index (χ4n) is 2.07. The largest absolute Gasteiger partial charge is 0.385 e. The van der Waals surface area contributed by atoms with Crippen LogP contribution < -0.4 is 10.6 Å². The Balaban J connectivity index is 2.55. The molecule has 0 bridgehead atoms. The van der Waals surface area contributed by atoms with Crippen molar-refractivity contribution >= 4 is 11.6 Å². The maximum atomic E-state index is 10.7. The second-order valence-corrected chi connectivity index (χ2v) is 5.50. The van der Waals surface area contributed by atoms with Gasteiger partial charge in [0.2, 0.25) is 0 Å². The Kier molecular flexibility index (Phi) is 10.2. The summed E-state index contributed by atoms with van der Waals surface area (Å²) in [4.78, 5) is 14.8. The summed E-state index contributed by atoms with van der Waals surface area (Å²) in [6.45, 7) is 5.02. The smallest absolute Gasteiger partial charge is 0.269 e. The molecule has 0 saturated carbocycles. The summed E-state index contributed by atoms with van der Waals surface area (Å²) in [6, 6.07) is 6.49. The number of benzene rings is 1. The van der Waals surface area contributed by atoms with E-state index in [1.54, 1.807) is 19.2 Å². The van der Waals surface area contributed by atoms with Crippen LogP contribution in [-0.4, -0.2) is 37.7 Å². The number of hydrogen-bond donors (Lipinski definition) is 2. The van der Waals surface area contributed by atoms with E-state index in [2.05, 4.69) is 22.5 Å². The van der Waals surface area contributed by atoms with E-state index in [1.165, 1.54) is 25.0 Å². The van der Waals surface area contributed by atoms with Crippen molar-refractivity contribution in [1.29, 1.82) is 0 Å². The Morgan fingerprint density at radius 1 is 1.17 bits per heavy atom. The maximum Gasteiger partial charge on any atom is 0.269 e. The van der Waals surface area contributed by atoms with Gasteiger partial charge in [-0.1, -0.05) is 31.9 Å². The van der Waals surface area contributed by atoms with E-state index in [1.807, 2.05) is 0 Å². The number of nitro benzene ring substituents is 1. The summed E-state index contributed by atoms with van der Waals surface area (Å²) < 4.78 is 5.04. The molecule has 134 valence electrons. The van der Waals surface area contributed by atoms with Crippen molar-refractivity contribution in [2.24, 2.45) is 4.99 Å². The van der Waals surface area contributed by atoms with Crippen molar-refractivity contribution in [3.05, 3.63) is 39.9 Å². The summed E-state index contributed by atoms with van der Waals surface area (Å²) in [5, 5.41) is 17.3. The predicted octanol–water partition coefficient (Wildman–Crippen LogP) is 2.86. The lowest BCUT2D eigenvalue weighted by Gasteiger charge is -2.12. The van der Waals surface area contributed by atoms with Crippen LogP contribution in [0.4, 0.5) is 5.69 Å². The molecular weight excluding hydrogens is 308 g/mol. The molecule has 1 aromatic rings.